The number of nitrogens with one attached hydrogen (secondary N) is 1. The summed E-state index contributed by atoms with van der Waals surface area (Å²) >= 11 is 0. The Morgan fingerprint density at radius 2 is 2.03 bits per heavy atom. The Hall–Kier alpha value is -4.20. The third-order valence-electron chi connectivity index (χ3n) is 8.20. The number of nitrogens with zero attached hydrogens (tertiary/aromatic N) is 6. The monoisotopic (exact) mass is 524 g/mol. The quantitative estimate of drug-likeness (QED) is 0.448. The van der Waals surface area contributed by atoms with E-state index in [0.717, 1.165) is 67.3 Å². The number of pyridine rings is 3. The van der Waals surface area contributed by atoms with Gasteiger partial charge in [-0.15, -0.1) is 0 Å². The van der Waals surface area contributed by atoms with Crippen molar-refractivity contribution in [3.63, 3.8) is 0 Å². The van der Waals surface area contributed by atoms with Crippen LogP contribution in [0, 0.1) is 11.3 Å². The largest absolute Gasteiger partial charge is 0.403 e. The maximum Gasteiger partial charge on any atom is 0.247 e. The lowest BCUT2D eigenvalue weighted by Gasteiger charge is -2.56. The zero-order valence-electron chi connectivity index (χ0n) is 22.0. The molecule has 0 spiro atoms. The molecule has 4 aliphatic heterocycles. The van der Waals surface area contributed by atoms with Gasteiger partial charge in [-0.1, -0.05) is 6.07 Å². The van der Waals surface area contributed by atoms with Gasteiger partial charge in [-0.25, -0.2) is 4.98 Å². The smallest absolute Gasteiger partial charge is 0.247 e. The first-order valence-corrected chi connectivity index (χ1v) is 13.3. The fourth-order valence-corrected chi connectivity index (χ4v) is 6.00. The molecule has 0 aliphatic carbocycles. The van der Waals surface area contributed by atoms with Crippen LogP contribution in [0.25, 0.3) is 16.7 Å². The van der Waals surface area contributed by atoms with Crippen LogP contribution in [0.4, 0.5) is 11.5 Å². The third kappa shape index (κ3) is 4.87. The van der Waals surface area contributed by atoms with Gasteiger partial charge < -0.3 is 25.3 Å². The number of hydrogen-bond donors (Lipinski definition) is 2. The van der Waals surface area contributed by atoms with Crippen molar-refractivity contribution in [1.29, 1.82) is 5.26 Å². The molecule has 200 valence electrons. The predicted octanol–water partition coefficient (Wildman–Crippen LogP) is 2.34. The summed E-state index contributed by atoms with van der Waals surface area (Å²) in [5.41, 5.74) is 10.4. The van der Waals surface area contributed by atoms with Crippen molar-refractivity contribution in [2.24, 2.45) is 5.73 Å². The van der Waals surface area contributed by atoms with E-state index >= 15 is 0 Å². The number of allylic oxidation sites excluding steroid dienone is 1. The zero-order valence-corrected chi connectivity index (χ0v) is 22.0. The maximum atomic E-state index is 11.4. The Kier molecular flexibility index (Phi) is 6.77. The molecule has 3 N–H and O–H groups in total. The lowest BCUT2D eigenvalue weighted by Crippen LogP contribution is -2.68. The van der Waals surface area contributed by atoms with Crippen molar-refractivity contribution < 1.29 is 4.74 Å². The molecule has 0 radical (unpaired) electrons. The normalized spacial score (nSPS) is 23.0. The van der Waals surface area contributed by atoms with Crippen LogP contribution in [0.1, 0.15) is 24.1 Å². The first-order valence-electron chi connectivity index (χ1n) is 13.3. The summed E-state index contributed by atoms with van der Waals surface area (Å²) in [5.74, 6) is 0.945. The number of rotatable bonds is 7. The van der Waals surface area contributed by atoms with Gasteiger partial charge in [0.1, 0.15) is 11.9 Å². The molecule has 2 bridgehead atoms. The van der Waals surface area contributed by atoms with Crippen molar-refractivity contribution in [3.05, 3.63) is 76.7 Å². The average Bonchev–Trinajstić information content (AvgIpc) is 3.47. The average molecular weight is 525 g/mol. The summed E-state index contributed by atoms with van der Waals surface area (Å²) in [6, 6.07) is 12.8. The van der Waals surface area contributed by atoms with Crippen molar-refractivity contribution in [1.82, 2.24) is 19.9 Å². The van der Waals surface area contributed by atoms with Crippen LogP contribution in [0.3, 0.4) is 0 Å². The Bertz CT molecular complexity index is 1450. The molecule has 3 aromatic rings. The van der Waals surface area contributed by atoms with Gasteiger partial charge >= 0.3 is 0 Å². The highest BCUT2D eigenvalue weighted by atomic mass is 16.5. The molecule has 0 aromatic carbocycles. The Balaban J connectivity index is 1.20. The van der Waals surface area contributed by atoms with Gasteiger partial charge in [0, 0.05) is 87.7 Å². The number of hydrogen-bond acceptors (Lipinski definition) is 9. The van der Waals surface area contributed by atoms with Crippen molar-refractivity contribution in [3.8, 4) is 17.2 Å². The Morgan fingerprint density at radius 1 is 1.18 bits per heavy atom. The zero-order chi connectivity index (χ0) is 26.9. The van der Waals surface area contributed by atoms with Gasteiger partial charge in [0.2, 0.25) is 5.56 Å². The Labute approximate surface area is 227 Å². The molecule has 3 unspecified atom stereocenters. The molecule has 3 atom stereocenters. The van der Waals surface area contributed by atoms with E-state index in [1.807, 2.05) is 18.5 Å². The first kappa shape index (κ1) is 25.1. The molecule has 4 aliphatic rings. The van der Waals surface area contributed by atoms with Crippen molar-refractivity contribution in [2.75, 3.05) is 43.1 Å². The van der Waals surface area contributed by atoms with Gasteiger partial charge in [-0.3, -0.25) is 14.7 Å². The first-order chi connectivity index (χ1) is 19.1. The van der Waals surface area contributed by atoms with E-state index in [1.54, 1.807) is 19.4 Å². The van der Waals surface area contributed by atoms with E-state index in [2.05, 4.69) is 48.9 Å². The van der Waals surface area contributed by atoms with Crippen molar-refractivity contribution >= 4 is 17.1 Å². The molecule has 0 saturated carbocycles. The highest BCUT2D eigenvalue weighted by molar-refractivity contribution is 5.86. The van der Waals surface area contributed by atoms with Crippen LogP contribution < -0.4 is 21.1 Å². The number of methoxy groups -OCH3 is 1. The summed E-state index contributed by atoms with van der Waals surface area (Å²) in [4.78, 5) is 30.7. The molecule has 7 heterocycles. The fraction of sp³-hybridized carbons (Fsp3) is 0.379. The molecule has 4 fully saturated rings. The number of nitriles is 1. The van der Waals surface area contributed by atoms with Gasteiger partial charge in [0.15, 0.2) is 0 Å². The summed E-state index contributed by atoms with van der Waals surface area (Å²) in [6.45, 7) is 4.38. The summed E-state index contributed by atoms with van der Waals surface area (Å²) in [5, 5.41) is 9.66. The number of nitrogens with two attached hydrogens (primary N) is 1. The van der Waals surface area contributed by atoms with Crippen LogP contribution in [0.2, 0.25) is 0 Å². The maximum absolute atomic E-state index is 11.4. The van der Waals surface area contributed by atoms with E-state index in [-0.39, 0.29) is 11.7 Å². The molecule has 10 heteroatoms. The lowest BCUT2D eigenvalue weighted by molar-refractivity contribution is -0.00876. The molecule has 0 amide bonds. The highest BCUT2D eigenvalue weighted by Gasteiger charge is 2.44. The van der Waals surface area contributed by atoms with Gasteiger partial charge in [0.25, 0.3) is 0 Å². The summed E-state index contributed by atoms with van der Waals surface area (Å²) < 4.78 is 5.54. The number of aromatic amines is 1. The van der Waals surface area contributed by atoms with Crippen LogP contribution in [-0.4, -0.2) is 71.3 Å². The molecule has 4 saturated heterocycles. The van der Waals surface area contributed by atoms with Gasteiger partial charge in [-0.2, -0.15) is 5.26 Å². The van der Waals surface area contributed by atoms with E-state index in [4.69, 9.17) is 15.5 Å². The second kappa shape index (κ2) is 10.5. The number of piperazine rings is 1. The third-order valence-corrected chi connectivity index (χ3v) is 8.20. The van der Waals surface area contributed by atoms with E-state index in [9.17, 15) is 10.1 Å². The number of anilines is 2. The summed E-state index contributed by atoms with van der Waals surface area (Å²) in [7, 11) is 1.75. The minimum atomic E-state index is -0.0726. The molecular formula is C29H32N8O2. The molecular weight excluding hydrogens is 492 g/mol. The van der Waals surface area contributed by atoms with Crippen molar-refractivity contribution in [2.45, 2.75) is 37.6 Å². The van der Waals surface area contributed by atoms with E-state index < -0.39 is 0 Å². The van der Waals surface area contributed by atoms with Crippen LogP contribution in [0.5, 0.6) is 0 Å². The molecule has 10 nitrogen and oxygen atoms in total. The lowest BCUT2D eigenvalue weighted by atomic mass is 9.87. The second-order valence-electron chi connectivity index (χ2n) is 10.5. The van der Waals surface area contributed by atoms with Gasteiger partial charge in [0.05, 0.1) is 29.3 Å². The van der Waals surface area contributed by atoms with E-state index in [1.165, 1.54) is 12.6 Å². The number of ether oxygens (including phenoxy) is 1. The second-order valence-corrected chi connectivity index (χ2v) is 10.5. The minimum absolute atomic E-state index is 0.0726. The SMILES string of the molecule is COC1CCN(c2cnc(C(C#N)=CN)c(-c3ccc(N4CC5CC(C4)N5Cc4ccc(=O)[nH]c4)nc3)c2)C1. The number of fused-ring (bicyclic) bond motifs is 2. The number of piperidine rings is 1. The molecule has 39 heavy (non-hydrogen) atoms. The van der Waals surface area contributed by atoms with Crippen LogP contribution >= 0.6 is 0 Å². The predicted molar refractivity (Wildman–Crippen MR) is 150 cm³/mol. The van der Waals surface area contributed by atoms with E-state index in [0.29, 0.717) is 23.4 Å². The number of aromatic nitrogens is 3. The van der Waals surface area contributed by atoms with Crippen LogP contribution in [-0.2, 0) is 11.3 Å². The Morgan fingerprint density at radius 3 is 2.67 bits per heavy atom. The van der Waals surface area contributed by atoms with Crippen LogP contribution in [0.15, 0.2) is 59.9 Å². The highest BCUT2D eigenvalue weighted by Crippen LogP contribution is 2.36. The summed E-state index contributed by atoms with van der Waals surface area (Å²) in [6.07, 6.45) is 9.14. The molecule has 7 rings (SSSR count). The minimum Gasteiger partial charge on any atom is -0.403 e. The standard InChI is InChI=1S/C29H32N8O2/c1-39-25-6-7-35(18-25)22-9-26(29(34-14-22)21(10-30)11-31)20-3-4-27(32-13-20)36-16-23-8-24(17-36)37(23)15-19-2-5-28(38)33-12-19/h2-5,9-10,12-14,23-25H,6-8,15-18,30H2,1H3,(H,33,38). The fourth-order valence-electron chi connectivity index (χ4n) is 6.00. The molecule has 3 aromatic heterocycles. The van der Waals surface area contributed by atoms with Gasteiger partial charge in [-0.05, 0) is 36.6 Å². The topological polar surface area (TPSA) is 127 Å². The number of H-pyrrole nitrogens is 1.